The first-order valence-corrected chi connectivity index (χ1v) is 6.30. The molecular weight excluding hydrogens is 302 g/mol. The Morgan fingerprint density at radius 3 is 2.67 bits per heavy atom. The predicted octanol–water partition coefficient (Wildman–Crippen LogP) is 2.95. The molecule has 4 nitrogen and oxygen atoms in total. The Hall–Kier alpha value is -2.21. The van der Waals surface area contributed by atoms with E-state index in [1.54, 1.807) is 12.1 Å². The average molecular weight is 313 g/mol. The van der Waals surface area contributed by atoms with Gasteiger partial charge < -0.3 is 10.1 Å². The van der Waals surface area contributed by atoms with Gasteiger partial charge in [-0.2, -0.15) is 0 Å². The molecule has 0 fully saturated rings. The fourth-order valence-corrected chi connectivity index (χ4v) is 1.85. The van der Waals surface area contributed by atoms with E-state index < -0.39 is 17.5 Å². The van der Waals surface area contributed by atoms with Gasteiger partial charge in [-0.1, -0.05) is 17.7 Å². The van der Waals surface area contributed by atoms with E-state index in [-0.39, 0.29) is 17.1 Å². The summed E-state index contributed by atoms with van der Waals surface area (Å²) in [5, 5.41) is 2.39. The Balaban J connectivity index is 2.06. The third kappa shape index (κ3) is 3.66. The van der Waals surface area contributed by atoms with Gasteiger partial charge in [-0.15, -0.1) is 0 Å². The highest BCUT2D eigenvalue weighted by atomic mass is 35.5. The van der Waals surface area contributed by atoms with Crippen molar-refractivity contribution in [2.45, 2.75) is 6.54 Å². The molecule has 0 saturated carbocycles. The van der Waals surface area contributed by atoms with E-state index >= 15 is 0 Å². The van der Waals surface area contributed by atoms with Crippen molar-refractivity contribution < 1.29 is 18.3 Å². The average Bonchev–Trinajstić information content (AvgIpc) is 2.49. The number of methoxy groups -OCH3 is 1. The van der Waals surface area contributed by atoms with Crippen LogP contribution >= 0.6 is 11.6 Å². The summed E-state index contributed by atoms with van der Waals surface area (Å²) in [4.78, 5) is 15.9. The van der Waals surface area contributed by atoms with Gasteiger partial charge in [0.2, 0.25) is 5.88 Å². The quantitative estimate of drug-likeness (QED) is 0.883. The van der Waals surface area contributed by atoms with Crippen LogP contribution in [0.4, 0.5) is 8.78 Å². The van der Waals surface area contributed by atoms with Crippen molar-refractivity contribution in [1.29, 1.82) is 0 Å². The number of nitrogens with zero attached hydrogens (tertiary/aromatic N) is 1. The second kappa shape index (κ2) is 6.49. The highest BCUT2D eigenvalue weighted by Gasteiger charge is 2.14. The highest BCUT2D eigenvalue weighted by Crippen LogP contribution is 2.20. The molecule has 0 spiro atoms. The number of rotatable bonds is 4. The third-order valence-electron chi connectivity index (χ3n) is 2.71. The van der Waals surface area contributed by atoms with Crippen molar-refractivity contribution in [3.05, 3.63) is 58.2 Å². The Morgan fingerprint density at radius 1 is 1.33 bits per heavy atom. The zero-order chi connectivity index (χ0) is 15.4. The van der Waals surface area contributed by atoms with Gasteiger partial charge in [-0.3, -0.25) is 4.79 Å². The van der Waals surface area contributed by atoms with Crippen molar-refractivity contribution >= 4 is 17.5 Å². The second-order valence-corrected chi connectivity index (χ2v) is 4.54. The van der Waals surface area contributed by atoms with Crippen LogP contribution in [0.5, 0.6) is 5.88 Å². The first-order chi connectivity index (χ1) is 10.0. The summed E-state index contributed by atoms with van der Waals surface area (Å²) in [5.41, 5.74) is 0.597. The lowest BCUT2D eigenvalue weighted by molar-refractivity contribution is 0.0950. The maximum atomic E-state index is 13.1. The monoisotopic (exact) mass is 312 g/mol. The summed E-state index contributed by atoms with van der Waals surface area (Å²) in [5.74, 6) is -2.38. The lowest BCUT2D eigenvalue weighted by Crippen LogP contribution is -2.23. The fraction of sp³-hybridized carbons (Fsp3) is 0.143. The lowest BCUT2D eigenvalue weighted by Gasteiger charge is -2.08. The first kappa shape index (κ1) is 15.2. The first-order valence-electron chi connectivity index (χ1n) is 5.93. The largest absolute Gasteiger partial charge is 0.481 e. The zero-order valence-electron chi connectivity index (χ0n) is 11.0. The molecule has 1 N–H and O–H groups in total. The molecule has 0 unspecified atom stereocenters. The van der Waals surface area contributed by atoms with Crippen LogP contribution in [0, 0.1) is 11.6 Å². The summed E-state index contributed by atoms with van der Waals surface area (Å²) >= 11 is 5.72. The van der Waals surface area contributed by atoms with E-state index in [1.807, 2.05) is 0 Å². The van der Waals surface area contributed by atoms with Crippen LogP contribution < -0.4 is 10.1 Å². The number of benzene rings is 1. The number of carbonyl (C=O) groups excluding carboxylic acids is 1. The molecule has 0 atom stereocenters. The molecule has 1 heterocycles. The van der Waals surface area contributed by atoms with Gasteiger partial charge in [0.15, 0.2) is 11.6 Å². The molecule has 0 aliphatic carbocycles. The summed E-state index contributed by atoms with van der Waals surface area (Å²) in [6, 6.07) is 4.89. The van der Waals surface area contributed by atoms with Crippen LogP contribution in [0.3, 0.4) is 0 Å². The van der Waals surface area contributed by atoms with Crippen molar-refractivity contribution in [3.8, 4) is 5.88 Å². The van der Waals surface area contributed by atoms with Crippen molar-refractivity contribution in [2.75, 3.05) is 7.11 Å². The minimum absolute atomic E-state index is 0.128. The minimum Gasteiger partial charge on any atom is -0.481 e. The van der Waals surface area contributed by atoms with E-state index in [4.69, 9.17) is 16.3 Å². The number of pyridine rings is 1. The number of ether oxygens (including phenoxy) is 1. The second-order valence-electron chi connectivity index (χ2n) is 4.14. The Bertz CT molecular complexity index is 663. The maximum absolute atomic E-state index is 13.1. The molecule has 0 radical (unpaired) electrons. The molecule has 1 amide bonds. The van der Waals surface area contributed by atoms with Gasteiger partial charge in [-0.25, -0.2) is 13.8 Å². The molecule has 0 aliphatic heterocycles. The van der Waals surface area contributed by atoms with E-state index in [2.05, 4.69) is 10.3 Å². The summed E-state index contributed by atoms with van der Waals surface area (Å²) in [6.07, 6.45) is 1.53. The van der Waals surface area contributed by atoms with Crippen LogP contribution in [-0.4, -0.2) is 18.0 Å². The number of aromatic nitrogens is 1. The molecular formula is C14H11ClF2N2O2. The SMILES string of the molecule is COc1ccc(CNC(=O)c2cc(F)c(F)cc2Cl)cn1. The molecule has 0 saturated heterocycles. The van der Waals surface area contributed by atoms with E-state index in [1.165, 1.54) is 13.3 Å². The van der Waals surface area contributed by atoms with E-state index in [0.29, 0.717) is 5.88 Å². The third-order valence-corrected chi connectivity index (χ3v) is 3.03. The van der Waals surface area contributed by atoms with Crippen molar-refractivity contribution in [2.24, 2.45) is 0 Å². The Kier molecular flexibility index (Phi) is 4.70. The van der Waals surface area contributed by atoms with Crippen LogP contribution in [0.25, 0.3) is 0 Å². The smallest absolute Gasteiger partial charge is 0.253 e. The highest BCUT2D eigenvalue weighted by molar-refractivity contribution is 6.33. The number of amides is 1. The Morgan fingerprint density at radius 2 is 2.05 bits per heavy atom. The van der Waals surface area contributed by atoms with Gasteiger partial charge in [-0.05, 0) is 17.7 Å². The zero-order valence-corrected chi connectivity index (χ0v) is 11.7. The van der Waals surface area contributed by atoms with Crippen LogP contribution in [0.15, 0.2) is 30.5 Å². The van der Waals surface area contributed by atoms with Gasteiger partial charge in [0.25, 0.3) is 5.91 Å². The van der Waals surface area contributed by atoms with Gasteiger partial charge in [0.05, 0.1) is 17.7 Å². The fourth-order valence-electron chi connectivity index (χ4n) is 1.61. The number of hydrogen-bond acceptors (Lipinski definition) is 3. The molecule has 21 heavy (non-hydrogen) atoms. The summed E-state index contributed by atoms with van der Waals surface area (Å²) in [7, 11) is 1.49. The van der Waals surface area contributed by atoms with E-state index in [0.717, 1.165) is 17.7 Å². The maximum Gasteiger partial charge on any atom is 0.253 e. The normalized spacial score (nSPS) is 10.3. The topological polar surface area (TPSA) is 51.2 Å². The standard InChI is InChI=1S/C14H11ClF2N2O2/c1-21-13-3-2-8(6-18-13)7-19-14(20)9-4-11(16)12(17)5-10(9)15/h2-6H,7H2,1H3,(H,19,20). The predicted molar refractivity (Wildman–Crippen MR) is 73.3 cm³/mol. The number of nitrogens with one attached hydrogen (secondary N) is 1. The van der Waals surface area contributed by atoms with Crippen molar-refractivity contribution in [1.82, 2.24) is 10.3 Å². The molecule has 1 aromatic carbocycles. The number of hydrogen-bond donors (Lipinski definition) is 1. The van der Waals surface area contributed by atoms with Crippen LogP contribution in [-0.2, 0) is 6.54 Å². The van der Waals surface area contributed by atoms with Gasteiger partial charge in [0.1, 0.15) is 0 Å². The lowest BCUT2D eigenvalue weighted by atomic mass is 10.2. The van der Waals surface area contributed by atoms with Crippen LogP contribution in [0.2, 0.25) is 5.02 Å². The molecule has 0 bridgehead atoms. The molecule has 110 valence electrons. The molecule has 2 rings (SSSR count). The molecule has 1 aromatic heterocycles. The van der Waals surface area contributed by atoms with Crippen LogP contribution in [0.1, 0.15) is 15.9 Å². The summed E-state index contributed by atoms with van der Waals surface area (Å²) < 4.78 is 31.0. The summed E-state index contributed by atoms with van der Waals surface area (Å²) in [6.45, 7) is 0.172. The van der Waals surface area contributed by atoms with Crippen molar-refractivity contribution in [3.63, 3.8) is 0 Å². The Labute approximate surface area is 124 Å². The van der Waals surface area contributed by atoms with Gasteiger partial charge >= 0.3 is 0 Å². The minimum atomic E-state index is -1.13. The number of halogens is 3. The molecule has 2 aromatic rings. The van der Waals surface area contributed by atoms with Gasteiger partial charge in [0, 0.05) is 18.8 Å². The molecule has 0 aliphatic rings. The van der Waals surface area contributed by atoms with E-state index in [9.17, 15) is 13.6 Å². The number of carbonyl (C=O) groups is 1. The molecule has 7 heteroatoms.